The predicted molar refractivity (Wildman–Crippen MR) is 77.4 cm³/mol. The number of esters is 1. The molecule has 1 aromatic carbocycles. The minimum Gasteiger partial charge on any atom is -0.508 e. The van der Waals surface area contributed by atoms with E-state index in [1.165, 1.54) is 12.1 Å². The third-order valence-corrected chi connectivity index (χ3v) is 3.12. The molecular formula is C15H11ClN2O3. The number of hydrogen-bond acceptors (Lipinski definition) is 4. The van der Waals surface area contributed by atoms with E-state index in [1.807, 2.05) is 0 Å². The van der Waals surface area contributed by atoms with Gasteiger partial charge >= 0.3 is 5.97 Å². The fourth-order valence-electron chi connectivity index (χ4n) is 1.94. The zero-order chi connectivity index (χ0) is 14.8. The standard InChI is InChI=1S/C15H11ClN2O3/c16-11-4-5-14-17-12(8-18(14)7-11)9-21-15(20)10-2-1-3-13(19)6-10/h1-8,19H,9H2. The Morgan fingerprint density at radius 1 is 1.29 bits per heavy atom. The number of ether oxygens (including phenoxy) is 1. The second kappa shape index (κ2) is 5.46. The Morgan fingerprint density at radius 2 is 2.14 bits per heavy atom. The first-order chi connectivity index (χ1) is 10.1. The molecule has 0 aliphatic heterocycles. The molecule has 0 unspecified atom stereocenters. The number of rotatable bonds is 3. The van der Waals surface area contributed by atoms with Crippen molar-refractivity contribution in [3.63, 3.8) is 0 Å². The van der Waals surface area contributed by atoms with Gasteiger partial charge in [0.15, 0.2) is 0 Å². The minimum absolute atomic E-state index is 0.0202. The first-order valence-corrected chi connectivity index (χ1v) is 6.59. The third kappa shape index (κ3) is 2.98. The van der Waals surface area contributed by atoms with Crippen molar-refractivity contribution in [3.05, 3.63) is 65.1 Å². The number of nitrogens with zero attached hydrogens (tertiary/aromatic N) is 2. The van der Waals surface area contributed by atoms with E-state index in [0.717, 1.165) is 5.65 Å². The lowest BCUT2D eigenvalue weighted by Crippen LogP contribution is -2.05. The number of carbonyl (C=O) groups is 1. The summed E-state index contributed by atoms with van der Waals surface area (Å²) in [7, 11) is 0. The predicted octanol–water partition coefficient (Wildman–Crippen LogP) is 3.05. The molecule has 0 radical (unpaired) electrons. The van der Waals surface area contributed by atoms with Crippen LogP contribution in [-0.4, -0.2) is 20.5 Å². The van der Waals surface area contributed by atoms with Crippen molar-refractivity contribution in [2.45, 2.75) is 6.61 Å². The fraction of sp³-hybridized carbons (Fsp3) is 0.0667. The first kappa shape index (κ1) is 13.5. The van der Waals surface area contributed by atoms with Gasteiger partial charge in [0, 0.05) is 12.4 Å². The lowest BCUT2D eigenvalue weighted by Gasteiger charge is -2.02. The van der Waals surface area contributed by atoms with Gasteiger partial charge in [-0.3, -0.25) is 0 Å². The third-order valence-electron chi connectivity index (χ3n) is 2.90. The summed E-state index contributed by atoms with van der Waals surface area (Å²) in [5, 5.41) is 9.93. The molecule has 0 bridgehead atoms. The number of hydrogen-bond donors (Lipinski definition) is 1. The van der Waals surface area contributed by atoms with Gasteiger partial charge in [0.25, 0.3) is 0 Å². The maximum Gasteiger partial charge on any atom is 0.338 e. The quantitative estimate of drug-likeness (QED) is 0.755. The average Bonchev–Trinajstić information content (AvgIpc) is 2.86. The van der Waals surface area contributed by atoms with E-state index < -0.39 is 5.97 Å². The number of halogens is 1. The van der Waals surface area contributed by atoms with E-state index in [0.29, 0.717) is 16.3 Å². The Morgan fingerprint density at radius 3 is 2.95 bits per heavy atom. The summed E-state index contributed by atoms with van der Waals surface area (Å²) in [6.07, 6.45) is 3.47. The number of carbonyl (C=O) groups excluding carboxylic acids is 1. The molecule has 3 aromatic rings. The number of phenolic OH excluding ortho intramolecular Hbond substituents is 1. The van der Waals surface area contributed by atoms with Crippen LogP contribution in [0.5, 0.6) is 5.75 Å². The van der Waals surface area contributed by atoms with Gasteiger partial charge in [0.05, 0.1) is 16.3 Å². The summed E-state index contributed by atoms with van der Waals surface area (Å²) < 4.78 is 6.93. The summed E-state index contributed by atoms with van der Waals surface area (Å²) in [6, 6.07) is 9.52. The highest BCUT2D eigenvalue weighted by Gasteiger charge is 2.09. The van der Waals surface area contributed by atoms with Crippen LogP contribution in [0.25, 0.3) is 5.65 Å². The van der Waals surface area contributed by atoms with Crippen LogP contribution in [0.2, 0.25) is 5.02 Å². The van der Waals surface area contributed by atoms with Crippen molar-refractivity contribution >= 4 is 23.2 Å². The number of fused-ring (bicyclic) bond motifs is 1. The summed E-state index contributed by atoms with van der Waals surface area (Å²) in [4.78, 5) is 16.2. The summed E-state index contributed by atoms with van der Waals surface area (Å²) >= 11 is 5.89. The van der Waals surface area contributed by atoms with Crippen LogP contribution in [0.1, 0.15) is 16.1 Å². The van der Waals surface area contributed by atoms with E-state index >= 15 is 0 Å². The van der Waals surface area contributed by atoms with E-state index in [-0.39, 0.29) is 12.4 Å². The van der Waals surface area contributed by atoms with E-state index in [9.17, 15) is 9.90 Å². The van der Waals surface area contributed by atoms with E-state index in [4.69, 9.17) is 16.3 Å². The van der Waals surface area contributed by atoms with Gasteiger partial charge in [-0.15, -0.1) is 0 Å². The van der Waals surface area contributed by atoms with Crippen molar-refractivity contribution in [2.24, 2.45) is 0 Å². The SMILES string of the molecule is O=C(OCc1cn2cc(Cl)ccc2n1)c1cccc(O)c1. The molecular weight excluding hydrogens is 292 g/mol. The highest BCUT2D eigenvalue weighted by atomic mass is 35.5. The second-order valence-corrected chi connectivity index (χ2v) is 4.91. The number of benzene rings is 1. The van der Waals surface area contributed by atoms with Crippen LogP contribution in [0.3, 0.4) is 0 Å². The maximum absolute atomic E-state index is 11.9. The molecule has 3 rings (SSSR count). The molecule has 2 heterocycles. The highest BCUT2D eigenvalue weighted by molar-refractivity contribution is 6.30. The molecule has 0 aliphatic rings. The van der Waals surface area contributed by atoms with Gasteiger partial charge in [-0.25, -0.2) is 9.78 Å². The van der Waals surface area contributed by atoms with Gasteiger partial charge in [-0.2, -0.15) is 0 Å². The van der Waals surface area contributed by atoms with Gasteiger partial charge in [-0.05, 0) is 30.3 Å². The second-order valence-electron chi connectivity index (χ2n) is 4.47. The number of pyridine rings is 1. The molecule has 21 heavy (non-hydrogen) atoms. The first-order valence-electron chi connectivity index (χ1n) is 6.21. The van der Waals surface area contributed by atoms with Crippen LogP contribution in [0, 0.1) is 0 Å². The van der Waals surface area contributed by atoms with E-state index in [2.05, 4.69) is 4.98 Å². The molecule has 0 saturated carbocycles. The number of aromatic hydroxyl groups is 1. The van der Waals surface area contributed by atoms with Crippen LogP contribution in [-0.2, 0) is 11.3 Å². The number of aromatic nitrogens is 2. The van der Waals surface area contributed by atoms with Crippen molar-refractivity contribution in [3.8, 4) is 5.75 Å². The molecule has 2 aromatic heterocycles. The molecule has 6 heteroatoms. The van der Waals surface area contributed by atoms with Gasteiger partial charge in [0.2, 0.25) is 0 Å². The Hall–Kier alpha value is -2.53. The molecule has 5 nitrogen and oxygen atoms in total. The van der Waals surface area contributed by atoms with Gasteiger partial charge < -0.3 is 14.2 Å². The minimum atomic E-state index is -0.513. The van der Waals surface area contributed by atoms with Gasteiger partial charge in [-0.1, -0.05) is 17.7 Å². The van der Waals surface area contributed by atoms with Crippen molar-refractivity contribution in [1.82, 2.24) is 9.38 Å². The fourth-order valence-corrected chi connectivity index (χ4v) is 2.11. The van der Waals surface area contributed by atoms with Crippen LogP contribution >= 0.6 is 11.6 Å². The molecule has 0 saturated heterocycles. The monoisotopic (exact) mass is 302 g/mol. The van der Waals surface area contributed by atoms with Crippen LogP contribution in [0.4, 0.5) is 0 Å². The lowest BCUT2D eigenvalue weighted by molar-refractivity contribution is 0.0468. The Kier molecular flexibility index (Phi) is 3.50. The van der Waals surface area contributed by atoms with Crippen molar-refractivity contribution in [2.75, 3.05) is 0 Å². The number of imidazole rings is 1. The van der Waals surface area contributed by atoms with Crippen molar-refractivity contribution < 1.29 is 14.6 Å². The zero-order valence-corrected chi connectivity index (χ0v) is 11.6. The van der Waals surface area contributed by atoms with Crippen LogP contribution in [0.15, 0.2) is 48.8 Å². The molecule has 106 valence electrons. The van der Waals surface area contributed by atoms with Crippen molar-refractivity contribution in [1.29, 1.82) is 0 Å². The molecule has 0 amide bonds. The largest absolute Gasteiger partial charge is 0.508 e. The molecule has 0 aliphatic carbocycles. The zero-order valence-electron chi connectivity index (χ0n) is 10.9. The average molecular weight is 303 g/mol. The summed E-state index contributed by atoms with van der Waals surface area (Å²) in [5.74, 6) is -0.493. The maximum atomic E-state index is 11.9. The molecule has 0 fully saturated rings. The Bertz CT molecular complexity index is 814. The Balaban J connectivity index is 1.72. The van der Waals surface area contributed by atoms with Gasteiger partial charge in [0.1, 0.15) is 18.0 Å². The number of phenols is 1. The molecule has 0 atom stereocenters. The summed E-state index contributed by atoms with van der Waals surface area (Å²) in [6.45, 7) is 0.0494. The summed E-state index contributed by atoms with van der Waals surface area (Å²) in [5.41, 5.74) is 1.63. The highest BCUT2D eigenvalue weighted by Crippen LogP contribution is 2.14. The van der Waals surface area contributed by atoms with E-state index in [1.54, 1.807) is 41.1 Å². The van der Waals surface area contributed by atoms with Crippen LogP contribution < -0.4 is 0 Å². The normalized spacial score (nSPS) is 10.7. The topological polar surface area (TPSA) is 63.8 Å². The Labute approximate surface area is 125 Å². The molecule has 1 N–H and O–H groups in total. The smallest absolute Gasteiger partial charge is 0.338 e. The molecule has 0 spiro atoms. The lowest BCUT2D eigenvalue weighted by atomic mass is 10.2.